The summed E-state index contributed by atoms with van der Waals surface area (Å²) >= 11 is 0. The third-order valence-corrected chi connectivity index (χ3v) is 4.82. The van der Waals surface area contributed by atoms with Crippen molar-refractivity contribution in [1.29, 1.82) is 0 Å². The molecule has 2 aromatic carbocycles. The van der Waals surface area contributed by atoms with Gasteiger partial charge >= 0.3 is 0 Å². The molecule has 1 heterocycles. The first-order chi connectivity index (χ1) is 13.4. The molecule has 0 saturated carbocycles. The van der Waals surface area contributed by atoms with Crippen molar-refractivity contribution in [3.63, 3.8) is 0 Å². The lowest BCUT2D eigenvalue weighted by Gasteiger charge is -2.15. The van der Waals surface area contributed by atoms with Crippen LogP contribution in [0.1, 0.15) is 35.0 Å². The Kier molecular flexibility index (Phi) is 6.14. The Morgan fingerprint density at radius 3 is 2.57 bits per heavy atom. The van der Waals surface area contributed by atoms with Crippen LogP contribution in [-0.4, -0.2) is 21.8 Å². The largest absolute Gasteiger partial charge is 0.481 e. The van der Waals surface area contributed by atoms with E-state index in [1.807, 2.05) is 67.9 Å². The first-order valence-electron chi connectivity index (χ1n) is 9.52. The van der Waals surface area contributed by atoms with E-state index < -0.39 is 6.10 Å². The number of aromatic nitrogens is 2. The second-order valence-electron chi connectivity index (χ2n) is 7.09. The monoisotopic (exact) mass is 377 g/mol. The number of nitrogens with zero attached hydrogens (tertiary/aromatic N) is 2. The van der Waals surface area contributed by atoms with Gasteiger partial charge in [-0.25, -0.2) is 0 Å². The van der Waals surface area contributed by atoms with Crippen molar-refractivity contribution in [3.05, 3.63) is 82.7 Å². The SMILES string of the molecule is Cc1cccc(OC(C)C(=O)NCc2c(C)nn(Cc3ccccc3)c2C)c1. The molecule has 0 spiro atoms. The molecule has 0 saturated heterocycles. The summed E-state index contributed by atoms with van der Waals surface area (Å²) in [5, 5.41) is 7.61. The van der Waals surface area contributed by atoms with Crippen molar-refractivity contribution in [2.45, 2.75) is 46.9 Å². The van der Waals surface area contributed by atoms with E-state index in [4.69, 9.17) is 4.74 Å². The number of hydrogen-bond donors (Lipinski definition) is 1. The Hall–Kier alpha value is -3.08. The number of hydrogen-bond acceptors (Lipinski definition) is 3. The molecule has 5 nitrogen and oxygen atoms in total. The number of nitrogens with one attached hydrogen (secondary N) is 1. The molecule has 146 valence electrons. The molecule has 0 aliphatic heterocycles. The van der Waals surface area contributed by atoms with Crippen LogP contribution < -0.4 is 10.1 Å². The van der Waals surface area contributed by atoms with E-state index in [-0.39, 0.29) is 5.91 Å². The molecular weight excluding hydrogens is 350 g/mol. The average Bonchev–Trinajstić information content (AvgIpc) is 2.93. The second kappa shape index (κ2) is 8.74. The molecule has 3 rings (SSSR count). The number of aryl methyl sites for hydroxylation is 2. The highest BCUT2D eigenvalue weighted by Crippen LogP contribution is 2.16. The van der Waals surface area contributed by atoms with Crippen LogP contribution in [-0.2, 0) is 17.9 Å². The van der Waals surface area contributed by atoms with Gasteiger partial charge in [0.25, 0.3) is 5.91 Å². The van der Waals surface area contributed by atoms with Gasteiger partial charge < -0.3 is 10.1 Å². The van der Waals surface area contributed by atoms with Crippen LogP contribution >= 0.6 is 0 Å². The number of ether oxygens (including phenoxy) is 1. The van der Waals surface area contributed by atoms with Crippen LogP contribution in [0.3, 0.4) is 0 Å². The summed E-state index contributed by atoms with van der Waals surface area (Å²) in [6, 6.07) is 17.9. The predicted molar refractivity (Wildman–Crippen MR) is 110 cm³/mol. The predicted octanol–water partition coefficient (Wildman–Crippen LogP) is 3.94. The smallest absolute Gasteiger partial charge is 0.261 e. The number of amides is 1. The number of carbonyl (C=O) groups is 1. The summed E-state index contributed by atoms with van der Waals surface area (Å²) in [6.07, 6.45) is -0.568. The van der Waals surface area contributed by atoms with E-state index in [0.29, 0.717) is 18.8 Å². The standard InChI is InChI=1S/C23H27N3O2/c1-16-9-8-12-21(13-16)28-19(4)23(27)24-14-22-17(2)25-26(18(22)3)15-20-10-6-5-7-11-20/h5-13,19H,14-15H2,1-4H3,(H,24,27). The minimum Gasteiger partial charge on any atom is -0.481 e. The van der Waals surface area contributed by atoms with Gasteiger partial charge in [-0.3, -0.25) is 9.48 Å². The molecule has 0 bridgehead atoms. The van der Waals surface area contributed by atoms with Crippen LogP contribution in [0, 0.1) is 20.8 Å². The molecule has 1 atom stereocenters. The molecular formula is C23H27N3O2. The van der Waals surface area contributed by atoms with Gasteiger partial charge in [0.1, 0.15) is 5.75 Å². The lowest BCUT2D eigenvalue weighted by atomic mass is 10.2. The summed E-state index contributed by atoms with van der Waals surface area (Å²) < 4.78 is 7.74. The Labute approximate surface area is 166 Å². The fourth-order valence-electron chi connectivity index (χ4n) is 3.17. The fraction of sp³-hybridized carbons (Fsp3) is 0.304. The van der Waals surface area contributed by atoms with E-state index in [2.05, 4.69) is 22.5 Å². The highest BCUT2D eigenvalue weighted by atomic mass is 16.5. The fourth-order valence-corrected chi connectivity index (χ4v) is 3.17. The molecule has 5 heteroatoms. The number of benzene rings is 2. The Morgan fingerprint density at radius 1 is 1.11 bits per heavy atom. The lowest BCUT2D eigenvalue weighted by molar-refractivity contribution is -0.127. The average molecular weight is 377 g/mol. The zero-order valence-electron chi connectivity index (χ0n) is 16.9. The van der Waals surface area contributed by atoms with Crippen LogP contribution in [0.5, 0.6) is 5.75 Å². The van der Waals surface area contributed by atoms with E-state index in [0.717, 1.165) is 22.5 Å². The molecule has 1 N–H and O–H groups in total. The van der Waals surface area contributed by atoms with Crippen molar-refractivity contribution in [2.24, 2.45) is 0 Å². The lowest BCUT2D eigenvalue weighted by Crippen LogP contribution is -2.36. The maximum absolute atomic E-state index is 12.5. The molecule has 0 aliphatic rings. The van der Waals surface area contributed by atoms with Crippen LogP contribution in [0.15, 0.2) is 54.6 Å². The Balaban J connectivity index is 1.61. The van der Waals surface area contributed by atoms with E-state index >= 15 is 0 Å². The summed E-state index contributed by atoms with van der Waals surface area (Å²) in [6.45, 7) is 8.92. The highest BCUT2D eigenvalue weighted by Gasteiger charge is 2.17. The van der Waals surface area contributed by atoms with Crippen molar-refractivity contribution >= 4 is 5.91 Å². The number of carbonyl (C=O) groups excluding carboxylic acids is 1. The van der Waals surface area contributed by atoms with Gasteiger partial charge in [-0.15, -0.1) is 0 Å². The number of rotatable bonds is 7. The molecule has 1 unspecified atom stereocenters. The van der Waals surface area contributed by atoms with Crippen LogP contribution in [0.4, 0.5) is 0 Å². The summed E-state index contributed by atoms with van der Waals surface area (Å²) in [7, 11) is 0. The van der Waals surface area contributed by atoms with Crippen molar-refractivity contribution < 1.29 is 9.53 Å². The minimum absolute atomic E-state index is 0.142. The normalized spacial score (nSPS) is 11.9. The van der Waals surface area contributed by atoms with Crippen LogP contribution in [0.25, 0.3) is 0 Å². The van der Waals surface area contributed by atoms with Gasteiger partial charge in [-0.1, -0.05) is 42.5 Å². The van der Waals surface area contributed by atoms with Gasteiger partial charge in [0, 0.05) is 17.8 Å². The third-order valence-electron chi connectivity index (χ3n) is 4.82. The van der Waals surface area contributed by atoms with Gasteiger partial charge in [0.05, 0.1) is 12.2 Å². The third kappa shape index (κ3) is 4.80. The van der Waals surface area contributed by atoms with Crippen molar-refractivity contribution in [1.82, 2.24) is 15.1 Å². The van der Waals surface area contributed by atoms with E-state index in [9.17, 15) is 4.79 Å². The molecule has 0 radical (unpaired) electrons. The summed E-state index contributed by atoms with van der Waals surface area (Å²) in [4.78, 5) is 12.5. The van der Waals surface area contributed by atoms with Gasteiger partial charge in [0.15, 0.2) is 6.10 Å². The van der Waals surface area contributed by atoms with Gasteiger partial charge in [-0.2, -0.15) is 5.10 Å². The van der Waals surface area contributed by atoms with Crippen LogP contribution in [0.2, 0.25) is 0 Å². The van der Waals surface area contributed by atoms with Crippen molar-refractivity contribution in [2.75, 3.05) is 0 Å². The molecule has 0 aliphatic carbocycles. The highest BCUT2D eigenvalue weighted by molar-refractivity contribution is 5.80. The molecule has 1 amide bonds. The van der Waals surface area contributed by atoms with E-state index in [1.165, 1.54) is 5.56 Å². The zero-order chi connectivity index (χ0) is 20.1. The second-order valence-corrected chi connectivity index (χ2v) is 7.09. The molecule has 28 heavy (non-hydrogen) atoms. The van der Waals surface area contributed by atoms with E-state index in [1.54, 1.807) is 6.92 Å². The maximum atomic E-state index is 12.5. The molecule has 0 fully saturated rings. The van der Waals surface area contributed by atoms with Gasteiger partial charge in [-0.05, 0) is 51.0 Å². The molecule has 3 aromatic rings. The quantitative estimate of drug-likeness (QED) is 0.678. The topological polar surface area (TPSA) is 56.1 Å². The first kappa shape index (κ1) is 19.7. The molecule has 1 aromatic heterocycles. The zero-order valence-corrected chi connectivity index (χ0v) is 16.9. The Morgan fingerprint density at radius 2 is 1.86 bits per heavy atom. The summed E-state index contributed by atoms with van der Waals surface area (Å²) in [5.41, 5.74) is 5.34. The Bertz CT molecular complexity index is 948. The maximum Gasteiger partial charge on any atom is 0.261 e. The first-order valence-corrected chi connectivity index (χ1v) is 9.52. The summed E-state index contributed by atoms with van der Waals surface area (Å²) in [5.74, 6) is 0.557. The van der Waals surface area contributed by atoms with Gasteiger partial charge in [0.2, 0.25) is 0 Å². The minimum atomic E-state index is -0.568. The van der Waals surface area contributed by atoms with Crippen molar-refractivity contribution in [3.8, 4) is 5.75 Å².